The Bertz CT molecular complexity index is 391. The van der Waals surface area contributed by atoms with E-state index in [0.29, 0.717) is 19.5 Å². The van der Waals surface area contributed by atoms with Gasteiger partial charge in [-0.15, -0.1) is 0 Å². The zero-order chi connectivity index (χ0) is 12.9. The van der Waals surface area contributed by atoms with Crippen molar-refractivity contribution in [3.8, 4) is 0 Å². The Kier molecular flexibility index (Phi) is 5.15. The van der Waals surface area contributed by atoms with Gasteiger partial charge in [0.2, 0.25) is 5.91 Å². The van der Waals surface area contributed by atoms with Crippen LogP contribution in [0.4, 0.5) is 0 Å². The van der Waals surface area contributed by atoms with Gasteiger partial charge >= 0.3 is 0 Å². The molecule has 1 aromatic carbocycles. The van der Waals surface area contributed by atoms with Gasteiger partial charge in [-0.05, 0) is 23.6 Å². The predicted molar refractivity (Wildman–Crippen MR) is 73.7 cm³/mol. The second-order valence-corrected chi connectivity index (χ2v) is 5.77. The summed E-state index contributed by atoms with van der Waals surface area (Å²) in [6, 6.07) is 7.74. The van der Waals surface area contributed by atoms with Crippen LogP contribution in [-0.2, 0) is 11.2 Å². The van der Waals surface area contributed by atoms with E-state index in [2.05, 4.69) is 21.2 Å². The van der Waals surface area contributed by atoms with Crippen LogP contribution in [0.3, 0.4) is 0 Å². The fraction of sp³-hybridized carbons (Fsp3) is 0.462. The molecule has 4 heteroatoms. The lowest BCUT2D eigenvalue weighted by molar-refractivity contribution is -0.120. The Hall–Kier alpha value is -0.870. The van der Waals surface area contributed by atoms with Crippen LogP contribution in [0.5, 0.6) is 0 Å². The van der Waals surface area contributed by atoms with E-state index in [1.165, 1.54) is 0 Å². The van der Waals surface area contributed by atoms with Crippen LogP contribution in [0.1, 0.15) is 19.4 Å². The number of hydrogen-bond acceptors (Lipinski definition) is 2. The predicted octanol–water partition coefficient (Wildman–Crippen LogP) is 2.09. The summed E-state index contributed by atoms with van der Waals surface area (Å²) in [5.41, 5.74) is 6.55. The number of nitrogens with two attached hydrogens (primary N) is 1. The van der Waals surface area contributed by atoms with E-state index in [1.807, 2.05) is 38.1 Å². The molecule has 94 valence electrons. The lowest BCUT2D eigenvalue weighted by Crippen LogP contribution is -2.39. The number of rotatable bonds is 5. The summed E-state index contributed by atoms with van der Waals surface area (Å²) < 4.78 is 0.966. The van der Waals surface area contributed by atoms with E-state index in [-0.39, 0.29) is 11.3 Å². The molecule has 3 N–H and O–H groups in total. The molecule has 0 saturated carbocycles. The van der Waals surface area contributed by atoms with Crippen LogP contribution in [0.15, 0.2) is 28.7 Å². The minimum Gasteiger partial charge on any atom is -0.355 e. The van der Waals surface area contributed by atoms with E-state index in [4.69, 9.17) is 5.73 Å². The number of halogens is 1. The average Bonchev–Trinajstić information content (AvgIpc) is 2.30. The molecular weight excluding hydrogens is 280 g/mol. The van der Waals surface area contributed by atoms with Gasteiger partial charge in [0.15, 0.2) is 0 Å². The second-order valence-electron chi connectivity index (χ2n) is 4.91. The molecule has 17 heavy (non-hydrogen) atoms. The topological polar surface area (TPSA) is 55.1 Å². The molecule has 0 unspecified atom stereocenters. The molecule has 0 saturated heterocycles. The van der Waals surface area contributed by atoms with Crippen molar-refractivity contribution in [1.82, 2.24) is 5.32 Å². The number of hydrogen-bond donors (Lipinski definition) is 2. The molecule has 0 spiro atoms. The summed E-state index contributed by atoms with van der Waals surface area (Å²) in [6.07, 6.45) is 0.391. The van der Waals surface area contributed by atoms with Crippen LogP contribution < -0.4 is 11.1 Å². The van der Waals surface area contributed by atoms with Gasteiger partial charge in [-0.3, -0.25) is 4.79 Å². The van der Waals surface area contributed by atoms with E-state index < -0.39 is 0 Å². The molecule has 1 amide bonds. The highest BCUT2D eigenvalue weighted by Gasteiger charge is 2.16. The minimum atomic E-state index is -0.0520. The van der Waals surface area contributed by atoms with E-state index in [9.17, 15) is 4.79 Å². The number of carbonyl (C=O) groups is 1. The van der Waals surface area contributed by atoms with Crippen LogP contribution in [-0.4, -0.2) is 19.0 Å². The maximum Gasteiger partial charge on any atom is 0.224 e. The monoisotopic (exact) mass is 298 g/mol. The first-order chi connectivity index (χ1) is 7.94. The molecule has 0 heterocycles. The highest BCUT2D eigenvalue weighted by atomic mass is 79.9. The van der Waals surface area contributed by atoms with Gasteiger partial charge in [0.05, 0.1) is 6.42 Å². The molecule has 1 aromatic rings. The normalized spacial score (nSPS) is 11.3. The van der Waals surface area contributed by atoms with Crippen LogP contribution in [0, 0.1) is 5.41 Å². The largest absolute Gasteiger partial charge is 0.355 e. The molecule has 0 atom stereocenters. The van der Waals surface area contributed by atoms with Crippen molar-refractivity contribution in [1.29, 1.82) is 0 Å². The van der Waals surface area contributed by atoms with E-state index >= 15 is 0 Å². The molecule has 0 aliphatic rings. The van der Waals surface area contributed by atoms with Gasteiger partial charge in [0.1, 0.15) is 0 Å². The highest BCUT2D eigenvalue weighted by molar-refractivity contribution is 9.10. The van der Waals surface area contributed by atoms with Gasteiger partial charge in [-0.25, -0.2) is 0 Å². The first-order valence-electron chi connectivity index (χ1n) is 5.65. The third kappa shape index (κ3) is 4.88. The summed E-state index contributed by atoms with van der Waals surface area (Å²) in [7, 11) is 0. The van der Waals surface area contributed by atoms with Crippen molar-refractivity contribution in [3.63, 3.8) is 0 Å². The molecule has 0 fully saturated rings. The SMILES string of the molecule is CC(C)(CN)CNC(=O)Cc1ccccc1Br. The Morgan fingerprint density at radius 3 is 2.65 bits per heavy atom. The molecule has 0 radical (unpaired) electrons. The number of nitrogens with one attached hydrogen (secondary N) is 1. The third-order valence-corrected chi connectivity index (χ3v) is 3.40. The molecule has 1 rings (SSSR count). The molecular formula is C13H19BrN2O. The summed E-state index contributed by atoms with van der Waals surface area (Å²) in [5.74, 6) is 0.0263. The standard InChI is InChI=1S/C13H19BrN2O/c1-13(2,8-15)9-16-12(17)7-10-5-3-4-6-11(10)14/h3-6H,7-9,15H2,1-2H3,(H,16,17). The maximum absolute atomic E-state index is 11.8. The maximum atomic E-state index is 11.8. The smallest absolute Gasteiger partial charge is 0.224 e. The summed E-state index contributed by atoms with van der Waals surface area (Å²) in [4.78, 5) is 11.8. The molecule has 0 aromatic heterocycles. The zero-order valence-corrected chi connectivity index (χ0v) is 11.9. The van der Waals surface area contributed by atoms with Crippen LogP contribution >= 0.6 is 15.9 Å². The highest BCUT2D eigenvalue weighted by Crippen LogP contribution is 2.16. The van der Waals surface area contributed by atoms with Gasteiger partial charge in [0, 0.05) is 11.0 Å². The molecule has 0 bridgehead atoms. The second kappa shape index (κ2) is 6.17. The summed E-state index contributed by atoms with van der Waals surface area (Å²) in [6.45, 7) is 5.23. The first kappa shape index (κ1) is 14.2. The van der Waals surface area contributed by atoms with E-state index in [1.54, 1.807) is 0 Å². The minimum absolute atomic E-state index is 0.0263. The average molecular weight is 299 g/mol. The van der Waals surface area contributed by atoms with Crippen molar-refractivity contribution < 1.29 is 4.79 Å². The Balaban J connectivity index is 2.48. The van der Waals surface area contributed by atoms with Gasteiger partial charge < -0.3 is 11.1 Å². The number of amides is 1. The van der Waals surface area contributed by atoms with E-state index in [0.717, 1.165) is 10.0 Å². The summed E-state index contributed by atoms with van der Waals surface area (Å²) in [5, 5.41) is 2.91. The van der Waals surface area contributed by atoms with Crippen LogP contribution in [0.25, 0.3) is 0 Å². The van der Waals surface area contributed by atoms with Crippen molar-refractivity contribution in [2.45, 2.75) is 20.3 Å². The fourth-order valence-corrected chi connectivity index (χ4v) is 1.71. The number of carbonyl (C=O) groups excluding carboxylic acids is 1. The van der Waals surface area contributed by atoms with Crippen LogP contribution in [0.2, 0.25) is 0 Å². The van der Waals surface area contributed by atoms with Gasteiger partial charge in [-0.2, -0.15) is 0 Å². The first-order valence-corrected chi connectivity index (χ1v) is 6.44. The van der Waals surface area contributed by atoms with Gasteiger partial charge in [-0.1, -0.05) is 48.0 Å². The molecule has 3 nitrogen and oxygen atoms in total. The van der Waals surface area contributed by atoms with Crippen molar-refractivity contribution >= 4 is 21.8 Å². The van der Waals surface area contributed by atoms with Gasteiger partial charge in [0.25, 0.3) is 0 Å². The Morgan fingerprint density at radius 2 is 2.06 bits per heavy atom. The molecule has 0 aliphatic heterocycles. The molecule has 0 aliphatic carbocycles. The van der Waals surface area contributed by atoms with Crippen molar-refractivity contribution in [3.05, 3.63) is 34.3 Å². The lowest BCUT2D eigenvalue weighted by atomic mass is 9.94. The third-order valence-electron chi connectivity index (χ3n) is 2.63. The Labute approximate surface area is 111 Å². The number of benzene rings is 1. The summed E-state index contributed by atoms with van der Waals surface area (Å²) >= 11 is 3.43. The Morgan fingerprint density at radius 1 is 1.41 bits per heavy atom. The fourth-order valence-electron chi connectivity index (χ4n) is 1.29. The lowest BCUT2D eigenvalue weighted by Gasteiger charge is -2.22. The van der Waals surface area contributed by atoms with Crippen molar-refractivity contribution in [2.24, 2.45) is 11.1 Å². The zero-order valence-electron chi connectivity index (χ0n) is 10.3. The van der Waals surface area contributed by atoms with Crippen molar-refractivity contribution in [2.75, 3.05) is 13.1 Å². The quantitative estimate of drug-likeness (QED) is 0.875.